The quantitative estimate of drug-likeness (QED) is 0.612. The van der Waals surface area contributed by atoms with Crippen molar-refractivity contribution in [1.82, 2.24) is 5.32 Å². The van der Waals surface area contributed by atoms with Crippen molar-refractivity contribution in [3.63, 3.8) is 0 Å². The van der Waals surface area contributed by atoms with Gasteiger partial charge in [-0.25, -0.2) is 0 Å². The molecule has 0 saturated carbocycles. The molecule has 2 aromatic carbocycles. The van der Waals surface area contributed by atoms with E-state index in [-0.39, 0.29) is 11.8 Å². The number of hydrogen-bond acceptors (Lipinski definition) is 4. The van der Waals surface area contributed by atoms with Gasteiger partial charge in [0.1, 0.15) is 0 Å². The van der Waals surface area contributed by atoms with Crippen LogP contribution in [0.3, 0.4) is 0 Å². The van der Waals surface area contributed by atoms with Gasteiger partial charge in [0.2, 0.25) is 5.91 Å². The number of aryl methyl sites for hydroxylation is 1. The van der Waals surface area contributed by atoms with E-state index in [0.717, 1.165) is 12.2 Å². The van der Waals surface area contributed by atoms with Gasteiger partial charge in [0.25, 0.3) is 5.91 Å². The summed E-state index contributed by atoms with van der Waals surface area (Å²) in [6.07, 6.45) is 0.742. The van der Waals surface area contributed by atoms with Crippen LogP contribution in [0, 0.1) is 6.92 Å². The Morgan fingerprint density at radius 2 is 1.81 bits per heavy atom. The molecule has 2 aromatic rings. The molecule has 27 heavy (non-hydrogen) atoms. The molecular weight excluding hydrogens is 360 g/mol. The second-order valence-electron chi connectivity index (χ2n) is 6.12. The van der Waals surface area contributed by atoms with Crippen molar-refractivity contribution >= 4 is 29.3 Å². The Kier molecular flexibility index (Phi) is 8.87. The van der Waals surface area contributed by atoms with E-state index < -0.39 is 0 Å². The Labute approximate surface area is 164 Å². The Bertz CT molecular complexity index is 765. The fourth-order valence-corrected chi connectivity index (χ4v) is 3.42. The van der Waals surface area contributed by atoms with Crippen molar-refractivity contribution in [2.24, 2.45) is 0 Å². The molecule has 0 aliphatic carbocycles. The summed E-state index contributed by atoms with van der Waals surface area (Å²) in [6, 6.07) is 15.2. The van der Waals surface area contributed by atoms with E-state index in [2.05, 4.69) is 29.7 Å². The number of methoxy groups -OCH3 is 1. The molecule has 0 bridgehead atoms. The number of ether oxygens (including phenoxy) is 1. The molecule has 0 saturated heterocycles. The predicted molar refractivity (Wildman–Crippen MR) is 111 cm³/mol. The molecular formula is C21H26N2O3S. The number of nitrogens with one attached hydrogen (secondary N) is 2. The average molecular weight is 387 g/mol. The van der Waals surface area contributed by atoms with Gasteiger partial charge >= 0.3 is 0 Å². The van der Waals surface area contributed by atoms with Crippen LogP contribution in [-0.4, -0.2) is 37.8 Å². The lowest BCUT2D eigenvalue weighted by Gasteiger charge is -2.11. The lowest BCUT2D eigenvalue weighted by atomic mass is 10.1. The SMILES string of the molecule is COCCCNC(=O)c1ccccc1NC(=O)CSCc1ccccc1C. The van der Waals surface area contributed by atoms with Gasteiger partial charge in [-0.05, 0) is 36.6 Å². The second kappa shape index (κ2) is 11.4. The van der Waals surface area contributed by atoms with Gasteiger partial charge in [-0.15, -0.1) is 11.8 Å². The van der Waals surface area contributed by atoms with Crippen molar-refractivity contribution < 1.29 is 14.3 Å². The van der Waals surface area contributed by atoms with Crippen LogP contribution in [0.1, 0.15) is 27.9 Å². The molecule has 6 heteroatoms. The fourth-order valence-electron chi connectivity index (χ4n) is 2.52. The summed E-state index contributed by atoms with van der Waals surface area (Å²) in [7, 11) is 1.63. The number of hydrogen-bond donors (Lipinski definition) is 2. The maximum atomic E-state index is 12.3. The van der Waals surface area contributed by atoms with E-state index in [1.165, 1.54) is 11.1 Å². The summed E-state index contributed by atoms with van der Waals surface area (Å²) in [5.41, 5.74) is 3.45. The molecule has 0 aliphatic heterocycles. The summed E-state index contributed by atoms with van der Waals surface area (Å²) in [4.78, 5) is 24.6. The first-order valence-electron chi connectivity index (χ1n) is 8.90. The molecule has 0 aromatic heterocycles. The lowest BCUT2D eigenvalue weighted by Crippen LogP contribution is -2.27. The van der Waals surface area contributed by atoms with Crippen molar-refractivity contribution in [3.05, 3.63) is 65.2 Å². The van der Waals surface area contributed by atoms with Crippen LogP contribution in [-0.2, 0) is 15.3 Å². The van der Waals surface area contributed by atoms with Gasteiger partial charge in [-0.3, -0.25) is 9.59 Å². The average Bonchev–Trinajstić information content (AvgIpc) is 2.67. The molecule has 5 nitrogen and oxygen atoms in total. The second-order valence-corrected chi connectivity index (χ2v) is 7.10. The maximum absolute atomic E-state index is 12.3. The van der Waals surface area contributed by atoms with Gasteiger partial charge < -0.3 is 15.4 Å². The third kappa shape index (κ3) is 7.07. The van der Waals surface area contributed by atoms with Gasteiger partial charge in [0.15, 0.2) is 0 Å². The monoisotopic (exact) mass is 386 g/mol. The highest BCUT2D eigenvalue weighted by Gasteiger charge is 2.13. The Morgan fingerprint density at radius 1 is 1.07 bits per heavy atom. The van der Waals surface area contributed by atoms with Crippen LogP contribution < -0.4 is 10.6 Å². The van der Waals surface area contributed by atoms with Crippen LogP contribution in [0.15, 0.2) is 48.5 Å². The predicted octanol–water partition coefficient (Wildman–Crippen LogP) is 3.63. The van der Waals surface area contributed by atoms with E-state index in [1.54, 1.807) is 43.1 Å². The summed E-state index contributed by atoms with van der Waals surface area (Å²) in [5, 5.41) is 5.69. The zero-order valence-corrected chi connectivity index (χ0v) is 16.6. The number of benzene rings is 2. The van der Waals surface area contributed by atoms with Crippen LogP contribution in [0.2, 0.25) is 0 Å². The minimum absolute atomic E-state index is 0.117. The van der Waals surface area contributed by atoms with E-state index >= 15 is 0 Å². The van der Waals surface area contributed by atoms with Crippen LogP contribution >= 0.6 is 11.8 Å². The molecule has 0 unspecified atom stereocenters. The third-order valence-corrected chi connectivity index (χ3v) is 4.99. The molecule has 2 amide bonds. The topological polar surface area (TPSA) is 67.4 Å². The molecule has 144 valence electrons. The first kappa shape index (κ1) is 21.0. The van der Waals surface area contributed by atoms with Gasteiger partial charge in [-0.2, -0.15) is 0 Å². The number of anilines is 1. The third-order valence-electron chi connectivity index (χ3n) is 4.01. The standard InChI is InChI=1S/C21H26N2O3S/c1-16-8-3-4-9-17(16)14-27-15-20(24)23-19-11-6-5-10-18(19)21(25)22-12-7-13-26-2/h3-6,8-11H,7,12-15H2,1-2H3,(H,22,25)(H,23,24). The van der Waals surface area contributed by atoms with E-state index in [9.17, 15) is 9.59 Å². The first-order valence-corrected chi connectivity index (χ1v) is 10.1. The summed E-state index contributed by atoms with van der Waals surface area (Å²) < 4.78 is 4.97. The van der Waals surface area contributed by atoms with Gasteiger partial charge in [0.05, 0.1) is 17.0 Å². The van der Waals surface area contributed by atoms with Crippen LogP contribution in [0.25, 0.3) is 0 Å². The highest BCUT2D eigenvalue weighted by Crippen LogP contribution is 2.18. The van der Waals surface area contributed by atoms with E-state index in [0.29, 0.717) is 30.2 Å². The smallest absolute Gasteiger partial charge is 0.253 e. The first-order chi connectivity index (χ1) is 13.1. The molecule has 0 heterocycles. The zero-order chi connectivity index (χ0) is 19.5. The fraction of sp³-hybridized carbons (Fsp3) is 0.333. The summed E-state index contributed by atoms with van der Waals surface area (Å²) >= 11 is 1.55. The number of carbonyl (C=O) groups is 2. The van der Waals surface area contributed by atoms with Crippen molar-refractivity contribution in [2.75, 3.05) is 31.3 Å². The Hall–Kier alpha value is -2.31. The number of amides is 2. The number of rotatable bonds is 10. The van der Waals surface area contributed by atoms with Crippen LogP contribution in [0.4, 0.5) is 5.69 Å². The molecule has 2 rings (SSSR count). The minimum Gasteiger partial charge on any atom is -0.385 e. The number of thioether (sulfide) groups is 1. The molecule has 2 N–H and O–H groups in total. The Morgan fingerprint density at radius 3 is 2.59 bits per heavy atom. The number of carbonyl (C=O) groups excluding carboxylic acids is 2. The molecule has 0 aliphatic rings. The zero-order valence-electron chi connectivity index (χ0n) is 15.8. The lowest BCUT2D eigenvalue weighted by molar-refractivity contribution is -0.113. The highest BCUT2D eigenvalue weighted by atomic mass is 32.2. The van der Waals surface area contributed by atoms with Crippen molar-refractivity contribution in [1.29, 1.82) is 0 Å². The highest BCUT2D eigenvalue weighted by molar-refractivity contribution is 7.99. The molecule has 0 spiro atoms. The minimum atomic E-state index is -0.199. The summed E-state index contributed by atoms with van der Waals surface area (Å²) in [6.45, 7) is 3.19. The van der Waals surface area contributed by atoms with Crippen molar-refractivity contribution in [2.45, 2.75) is 19.1 Å². The Balaban J connectivity index is 1.86. The molecule has 0 atom stereocenters. The van der Waals surface area contributed by atoms with E-state index in [4.69, 9.17) is 4.74 Å². The largest absolute Gasteiger partial charge is 0.385 e. The van der Waals surface area contributed by atoms with Crippen molar-refractivity contribution in [3.8, 4) is 0 Å². The maximum Gasteiger partial charge on any atom is 0.253 e. The van der Waals surface area contributed by atoms with E-state index in [1.807, 2.05) is 12.1 Å². The molecule has 0 radical (unpaired) electrons. The molecule has 0 fully saturated rings. The van der Waals surface area contributed by atoms with Gasteiger partial charge in [0, 0.05) is 26.0 Å². The van der Waals surface area contributed by atoms with Gasteiger partial charge in [-0.1, -0.05) is 36.4 Å². The number of para-hydroxylation sites is 1. The normalized spacial score (nSPS) is 10.4. The van der Waals surface area contributed by atoms with Crippen LogP contribution in [0.5, 0.6) is 0 Å². The summed E-state index contributed by atoms with van der Waals surface area (Å²) in [5.74, 6) is 0.794.